The van der Waals surface area contributed by atoms with Crippen LogP contribution in [-0.4, -0.2) is 43.4 Å². The van der Waals surface area contributed by atoms with Gasteiger partial charge in [-0.25, -0.2) is 0 Å². The second-order valence-electron chi connectivity index (χ2n) is 7.69. The minimum Gasteiger partial charge on any atom is -0.339 e. The molecule has 1 fully saturated rings. The van der Waals surface area contributed by atoms with E-state index in [1.807, 2.05) is 47.7 Å². The van der Waals surface area contributed by atoms with Crippen LogP contribution < -0.4 is 10.6 Å². The van der Waals surface area contributed by atoms with E-state index in [4.69, 9.17) is 0 Å². The third-order valence-electron chi connectivity index (χ3n) is 5.36. The Hall–Kier alpha value is -1.89. The van der Waals surface area contributed by atoms with E-state index in [0.29, 0.717) is 28.0 Å². The second kappa shape index (κ2) is 10.8. The largest absolute Gasteiger partial charge is 0.339 e. The van der Waals surface area contributed by atoms with Gasteiger partial charge < -0.3 is 15.5 Å². The number of anilines is 1. The first-order valence-corrected chi connectivity index (χ1v) is 10.8. The number of benzene rings is 1. The van der Waals surface area contributed by atoms with E-state index in [0.717, 1.165) is 32.5 Å². The molecule has 2 heterocycles. The Morgan fingerprint density at radius 3 is 2.38 bits per heavy atom. The molecular weight excluding hydrogens is 406 g/mol. The normalized spacial score (nSPS) is 14.6. The van der Waals surface area contributed by atoms with Gasteiger partial charge in [0.05, 0.1) is 5.56 Å². The van der Waals surface area contributed by atoms with Crippen molar-refractivity contribution < 1.29 is 9.59 Å². The monoisotopic (exact) mass is 435 g/mol. The van der Waals surface area contributed by atoms with Crippen LogP contribution in [0.15, 0.2) is 35.7 Å². The predicted molar refractivity (Wildman–Crippen MR) is 123 cm³/mol. The summed E-state index contributed by atoms with van der Waals surface area (Å²) >= 11 is 1.39. The number of nitrogens with zero attached hydrogens (tertiary/aromatic N) is 1. The van der Waals surface area contributed by atoms with Crippen molar-refractivity contribution in [2.45, 2.75) is 32.6 Å². The molecule has 1 aromatic carbocycles. The Balaban J connectivity index is 0.00000300. The molecule has 0 radical (unpaired) electrons. The molecule has 2 aromatic rings. The standard InChI is InChI=1S/C22H29N3O2S.ClH/c1-15(2)17-4-6-18(7-5-17)20(26)24-21-19(10-13-28-21)22(27)25-11-8-16(9-12-25)14-23-3;/h4-7,10,13,15-16,23H,8-9,11-12,14H2,1-3H3,(H,24,26);1H. The van der Waals surface area contributed by atoms with E-state index in [-0.39, 0.29) is 24.2 Å². The summed E-state index contributed by atoms with van der Waals surface area (Å²) in [6.45, 7) is 6.79. The Morgan fingerprint density at radius 2 is 1.79 bits per heavy atom. The number of hydrogen-bond acceptors (Lipinski definition) is 4. The average Bonchev–Trinajstić information content (AvgIpc) is 3.16. The van der Waals surface area contributed by atoms with E-state index < -0.39 is 0 Å². The van der Waals surface area contributed by atoms with Crippen LogP contribution in [0.1, 0.15) is 58.9 Å². The Morgan fingerprint density at radius 1 is 1.14 bits per heavy atom. The summed E-state index contributed by atoms with van der Waals surface area (Å²) in [6.07, 6.45) is 2.03. The maximum atomic E-state index is 12.9. The summed E-state index contributed by atoms with van der Waals surface area (Å²) in [5, 5.41) is 8.63. The van der Waals surface area contributed by atoms with Gasteiger partial charge in [-0.05, 0) is 67.4 Å². The number of thiophene rings is 1. The molecule has 0 unspecified atom stereocenters. The number of hydrogen-bond donors (Lipinski definition) is 2. The fraction of sp³-hybridized carbons (Fsp3) is 0.455. The number of likely N-dealkylation sites (tertiary alicyclic amines) is 1. The molecule has 1 aromatic heterocycles. The molecule has 5 nitrogen and oxygen atoms in total. The molecule has 0 bridgehead atoms. The van der Waals surface area contributed by atoms with Gasteiger partial charge in [-0.15, -0.1) is 23.7 Å². The molecule has 29 heavy (non-hydrogen) atoms. The summed E-state index contributed by atoms with van der Waals surface area (Å²) < 4.78 is 0. The van der Waals surface area contributed by atoms with Gasteiger partial charge in [0, 0.05) is 18.7 Å². The van der Waals surface area contributed by atoms with Crippen molar-refractivity contribution in [3.63, 3.8) is 0 Å². The number of rotatable bonds is 6. The number of piperidine rings is 1. The molecule has 7 heteroatoms. The lowest BCUT2D eigenvalue weighted by molar-refractivity contribution is 0.0692. The highest BCUT2D eigenvalue weighted by Gasteiger charge is 2.26. The van der Waals surface area contributed by atoms with Gasteiger partial charge in [-0.3, -0.25) is 9.59 Å². The van der Waals surface area contributed by atoms with Crippen LogP contribution in [0.4, 0.5) is 5.00 Å². The van der Waals surface area contributed by atoms with Gasteiger partial charge in [0.15, 0.2) is 0 Å². The van der Waals surface area contributed by atoms with Crippen LogP contribution in [0.25, 0.3) is 0 Å². The minimum absolute atomic E-state index is 0. The Bertz CT molecular complexity index is 812. The van der Waals surface area contributed by atoms with E-state index in [9.17, 15) is 9.59 Å². The molecule has 0 aliphatic carbocycles. The second-order valence-corrected chi connectivity index (χ2v) is 8.60. The molecule has 2 N–H and O–H groups in total. The molecule has 1 saturated heterocycles. The summed E-state index contributed by atoms with van der Waals surface area (Å²) in [6, 6.07) is 9.45. The van der Waals surface area contributed by atoms with Crippen molar-refractivity contribution in [1.29, 1.82) is 0 Å². The number of halogens is 1. The fourth-order valence-electron chi connectivity index (χ4n) is 3.57. The van der Waals surface area contributed by atoms with Crippen LogP contribution in [0.2, 0.25) is 0 Å². The van der Waals surface area contributed by atoms with E-state index in [1.54, 1.807) is 0 Å². The van der Waals surface area contributed by atoms with Gasteiger partial charge >= 0.3 is 0 Å². The van der Waals surface area contributed by atoms with Gasteiger partial charge in [0.25, 0.3) is 11.8 Å². The van der Waals surface area contributed by atoms with Crippen LogP contribution in [0.3, 0.4) is 0 Å². The smallest absolute Gasteiger partial charge is 0.256 e. The highest BCUT2D eigenvalue weighted by molar-refractivity contribution is 7.14. The van der Waals surface area contributed by atoms with Gasteiger partial charge in [0.2, 0.25) is 0 Å². The van der Waals surface area contributed by atoms with Crippen LogP contribution in [0, 0.1) is 5.92 Å². The fourth-order valence-corrected chi connectivity index (χ4v) is 4.34. The molecule has 1 aliphatic rings. The van der Waals surface area contributed by atoms with Crippen molar-refractivity contribution in [1.82, 2.24) is 10.2 Å². The lowest BCUT2D eigenvalue weighted by atomic mass is 9.96. The molecule has 0 atom stereocenters. The minimum atomic E-state index is -0.181. The number of nitrogens with one attached hydrogen (secondary N) is 2. The molecule has 3 rings (SSSR count). The zero-order chi connectivity index (χ0) is 20.1. The quantitative estimate of drug-likeness (QED) is 0.696. The molecule has 0 spiro atoms. The summed E-state index contributed by atoms with van der Waals surface area (Å²) in [7, 11) is 1.97. The van der Waals surface area contributed by atoms with Gasteiger partial charge in [-0.2, -0.15) is 0 Å². The van der Waals surface area contributed by atoms with Gasteiger partial charge in [-0.1, -0.05) is 26.0 Å². The van der Waals surface area contributed by atoms with Crippen LogP contribution in [-0.2, 0) is 0 Å². The first kappa shape index (κ1) is 23.4. The topological polar surface area (TPSA) is 61.4 Å². The van der Waals surface area contributed by atoms with E-state index >= 15 is 0 Å². The SMILES string of the molecule is CNCC1CCN(C(=O)c2ccsc2NC(=O)c2ccc(C(C)C)cc2)CC1.Cl. The van der Waals surface area contributed by atoms with Crippen LogP contribution in [0.5, 0.6) is 0 Å². The van der Waals surface area contributed by atoms with Crippen molar-refractivity contribution in [2.24, 2.45) is 5.92 Å². The summed E-state index contributed by atoms with van der Waals surface area (Å²) in [5.41, 5.74) is 2.39. The third-order valence-corrected chi connectivity index (χ3v) is 6.19. The highest BCUT2D eigenvalue weighted by atomic mass is 35.5. The first-order valence-electron chi connectivity index (χ1n) is 9.92. The van der Waals surface area contributed by atoms with Crippen molar-refractivity contribution >= 4 is 40.6 Å². The van der Waals surface area contributed by atoms with Crippen molar-refractivity contribution in [2.75, 3.05) is 32.0 Å². The molecular formula is C22H30ClN3O2S. The van der Waals surface area contributed by atoms with Crippen LogP contribution >= 0.6 is 23.7 Å². The zero-order valence-corrected chi connectivity index (χ0v) is 18.9. The predicted octanol–water partition coefficient (Wildman–Crippen LogP) is 4.62. The molecule has 0 saturated carbocycles. The molecule has 2 amide bonds. The maximum absolute atomic E-state index is 12.9. The van der Waals surface area contributed by atoms with Crippen molar-refractivity contribution in [3.05, 3.63) is 52.4 Å². The Labute approximate surface area is 183 Å². The summed E-state index contributed by atoms with van der Waals surface area (Å²) in [4.78, 5) is 27.5. The third kappa shape index (κ3) is 5.81. The van der Waals surface area contributed by atoms with E-state index in [2.05, 4.69) is 24.5 Å². The maximum Gasteiger partial charge on any atom is 0.256 e. The van der Waals surface area contributed by atoms with Gasteiger partial charge in [0.1, 0.15) is 5.00 Å². The number of carbonyl (C=O) groups excluding carboxylic acids is 2. The highest BCUT2D eigenvalue weighted by Crippen LogP contribution is 2.27. The lowest BCUT2D eigenvalue weighted by Crippen LogP contribution is -2.40. The lowest BCUT2D eigenvalue weighted by Gasteiger charge is -2.32. The van der Waals surface area contributed by atoms with Crippen molar-refractivity contribution in [3.8, 4) is 0 Å². The van der Waals surface area contributed by atoms with E-state index in [1.165, 1.54) is 16.9 Å². The number of carbonyl (C=O) groups is 2. The molecule has 158 valence electrons. The Kier molecular flexibility index (Phi) is 8.68. The zero-order valence-electron chi connectivity index (χ0n) is 17.2. The summed E-state index contributed by atoms with van der Waals surface area (Å²) in [5.74, 6) is 0.884. The first-order chi connectivity index (χ1) is 13.5. The number of amides is 2. The molecule has 1 aliphatic heterocycles. The average molecular weight is 436 g/mol.